The molecule has 0 saturated carbocycles. The molecule has 4 nitrogen and oxygen atoms in total. The second-order valence-electron chi connectivity index (χ2n) is 4.33. The molecule has 18 heavy (non-hydrogen) atoms. The summed E-state index contributed by atoms with van der Waals surface area (Å²) in [6, 6.07) is 0.962. The molecule has 2 N–H and O–H groups in total. The van der Waals surface area contributed by atoms with Gasteiger partial charge in [0.1, 0.15) is 0 Å². The van der Waals surface area contributed by atoms with E-state index in [1.54, 1.807) is 0 Å². The van der Waals surface area contributed by atoms with Gasteiger partial charge >= 0.3 is 8.80 Å². The zero-order valence-electron chi connectivity index (χ0n) is 12.6. The summed E-state index contributed by atoms with van der Waals surface area (Å²) in [7, 11) is -2.38. The van der Waals surface area contributed by atoms with Crippen molar-refractivity contribution in [1.29, 1.82) is 0 Å². The van der Waals surface area contributed by atoms with Gasteiger partial charge in [0.15, 0.2) is 0 Å². The van der Waals surface area contributed by atoms with Crippen LogP contribution < -0.4 is 0 Å². The molecule has 0 unspecified atom stereocenters. The lowest BCUT2D eigenvalue weighted by atomic mass is 10.4. The van der Waals surface area contributed by atoms with Crippen molar-refractivity contribution < 1.29 is 18.8 Å². The van der Waals surface area contributed by atoms with Crippen LogP contribution in [-0.2, 0) is 13.3 Å². The quantitative estimate of drug-likeness (QED) is 0.516. The molecule has 0 amide bonds. The van der Waals surface area contributed by atoms with Crippen LogP contribution in [0, 0.1) is 0 Å². The van der Waals surface area contributed by atoms with Gasteiger partial charge < -0.3 is 18.8 Å². The maximum atomic E-state index is 5.98. The topological polar surface area (TPSA) is 59.2 Å². The van der Waals surface area contributed by atoms with Gasteiger partial charge in [-0.2, -0.15) is 0 Å². The van der Waals surface area contributed by atoms with Crippen molar-refractivity contribution in [2.24, 2.45) is 0 Å². The zero-order chi connectivity index (χ0) is 13.0. The summed E-state index contributed by atoms with van der Waals surface area (Å²) in [5.41, 5.74) is 0. The van der Waals surface area contributed by atoms with Crippen LogP contribution in [0.5, 0.6) is 0 Å². The third-order valence-electron chi connectivity index (χ3n) is 2.41. The molecule has 0 bridgehead atoms. The van der Waals surface area contributed by atoms with E-state index in [4.69, 9.17) is 13.3 Å². The third kappa shape index (κ3) is 9.05. The zero-order valence-corrected chi connectivity index (χ0v) is 13.6. The molecular formula is C13H32O4Si. The first-order chi connectivity index (χ1) is 8.24. The lowest BCUT2D eigenvalue weighted by molar-refractivity contribution is 0.0587. The SMILES string of the molecule is CCCC[Si](OCCC)(OCCC)OCCC.O. The van der Waals surface area contributed by atoms with E-state index in [0.717, 1.165) is 58.0 Å². The van der Waals surface area contributed by atoms with E-state index in [0.29, 0.717) is 0 Å². The molecule has 0 radical (unpaired) electrons. The first-order valence-electron chi connectivity index (χ1n) is 7.16. The fraction of sp³-hybridized carbons (Fsp3) is 1.00. The van der Waals surface area contributed by atoms with Gasteiger partial charge in [-0.1, -0.05) is 34.1 Å². The molecule has 0 aromatic carbocycles. The molecule has 112 valence electrons. The smallest absolute Gasteiger partial charge is 0.412 e. The Labute approximate surface area is 114 Å². The van der Waals surface area contributed by atoms with Gasteiger partial charge in [0, 0.05) is 25.9 Å². The summed E-state index contributed by atoms with van der Waals surface area (Å²) in [6.45, 7) is 10.8. The van der Waals surface area contributed by atoms with Gasteiger partial charge in [-0.3, -0.25) is 0 Å². The Kier molecular flexibility index (Phi) is 15.3. The van der Waals surface area contributed by atoms with Crippen molar-refractivity contribution in [3.8, 4) is 0 Å². The van der Waals surface area contributed by atoms with E-state index in [1.807, 2.05) is 0 Å². The normalized spacial score (nSPS) is 11.3. The van der Waals surface area contributed by atoms with Crippen LogP contribution in [0.4, 0.5) is 0 Å². The second-order valence-corrected chi connectivity index (χ2v) is 7.06. The maximum absolute atomic E-state index is 5.98. The fourth-order valence-corrected chi connectivity index (χ4v) is 4.52. The van der Waals surface area contributed by atoms with Crippen molar-refractivity contribution in [3.05, 3.63) is 0 Å². The Bertz CT molecular complexity index is 130. The van der Waals surface area contributed by atoms with Crippen molar-refractivity contribution in [2.75, 3.05) is 19.8 Å². The van der Waals surface area contributed by atoms with Gasteiger partial charge in [-0.25, -0.2) is 0 Å². The summed E-state index contributed by atoms with van der Waals surface area (Å²) >= 11 is 0. The second kappa shape index (κ2) is 13.5. The van der Waals surface area contributed by atoms with Gasteiger partial charge in [0.25, 0.3) is 0 Å². The lowest BCUT2D eigenvalue weighted by Gasteiger charge is -2.29. The number of rotatable bonds is 12. The standard InChI is InChI=1S/C13H30O3Si.H2O/c1-5-9-13-17(14-10-6-2,15-11-7-3)16-12-8-4;/h5-13H2,1-4H3;1H2. The molecule has 0 aromatic rings. The van der Waals surface area contributed by atoms with E-state index in [-0.39, 0.29) is 5.48 Å². The third-order valence-corrected chi connectivity index (χ3v) is 5.31. The van der Waals surface area contributed by atoms with Crippen LogP contribution in [0.1, 0.15) is 59.8 Å². The largest absolute Gasteiger partial charge is 0.500 e. The summed E-state index contributed by atoms with van der Waals surface area (Å²) in [5, 5.41) is 0. The van der Waals surface area contributed by atoms with E-state index >= 15 is 0 Å². The Morgan fingerprint density at radius 1 is 0.667 bits per heavy atom. The predicted molar refractivity (Wildman–Crippen MR) is 77.8 cm³/mol. The van der Waals surface area contributed by atoms with Crippen LogP contribution in [0.15, 0.2) is 0 Å². The first-order valence-corrected chi connectivity index (χ1v) is 9.09. The molecule has 0 aromatic heterocycles. The minimum absolute atomic E-state index is 0. The van der Waals surface area contributed by atoms with Crippen LogP contribution in [-0.4, -0.2) is 34.1 Å². The summed E-state index contributed by atoms with van der Waals surface area (Å²) in [6.07, 6.45) is 5.35. The Balaban J connectivity index is 0. The van der Waals surface area contributed by atoms with Gasteiger partial charge in [0.05, 0.1) is 0 Å². The highest BCUT2D eigenvalue weighted by Gasteiger charge is 2.39. The van der Waals surface area contributed by atoms with E-state index in [9.17, 15) is 0 Å². The Hall–Kier alpha value is 0.0569. The monoisotopic (exact) mass is 280 g/mol. The van der Waals surface area contributed by atoms with Crippen molar-refractivity contribution in [1.82, 2.24) is 0 Å². The first kappa shape index (κ1) is 20.4. The van der Waals surface area contributed by atoms with Crippen molar-refractivity contribution in [3.63, 3.8) is 0 Å². The molecule has 0 atom stereocenters. The summed E-state index contributed by atoms with van der Waals surface area (Å²) in [4.78, 5) is 0. The Morgan fingerprint density at radius 2 is 1.06 bits per heavy atom. The minimum Gasteiger partial charge on any atom is -0.412 e. The molecule has 0 aliphatic heterocycles. The minimum atomic E-state index is -2.38. The summed E-state index contributed by atoms with van der Waals surface area (Å²) < 4.78 is 17.9. The highest BCUT2D eigenvalue weighted by Crippen LogP contribution is 2.20. The van der Waals surface area contributed by atoms with Crippen molar-refractivity contribution >= 4 is 8.80 Å². The van der Waals surface area contributed by atoms with E-state index in [2.05, 4.69) is 27.7 Å². The van der Waals surface area contributed by atoms with Gasteiger partial charge in [0.2, 0.25) is 0 Å². The average molecular weight is 280 g/mol. The highest BCUT2D eigenvalue weighted by molar-refractivity contribution is 6.60. The molecule has 0 rings (SSSR count). The summed E-state index contributed by atoms with van der Waals surface area (Å²) in [5.74, 6) is 0. The molecule has 0 aliphatic carbocycles. The highest BCUT2D eigenvalue weighted by atomic mass is 28.4. The molecular weight excluding hydrogens is 248 g/mol. The lowest BCUT2D eigenvalue weighted by Crippen LogP contribution is -2.46. The van der Waals surface area contributed by atoms with E-state index < -0.39 is 8.80 Å². The number of hydrogen-bond acceptors (Lipinski definition) is 3. The number of hydrogen-bond donors (Lipinski definition) is 0. The van der Waals surface area contributed by atoms with Crippen LogP contribution in [0.2, 0.25) is 6.04 Å². The molecule has 0 aliphatic rings. The maximum Gasteiger partial charge on any atom is 0.500 e. The van der Waals surface area contributed by atoms with Gasteiger partial charge in [-0.05, 0) is 25.7 Å². The molecule has 0 spiro atoms. The molecule has 0 fully saturated rings. The Morgan fingerprint density at radius 3 is 1.33 bits per heavy atom. The molecule has 0 heterocycles. The van der Waals surface area contributed by atoms with Crippen LogP contribution in [0.25, 0.3) is 0 Å². The fourth-order valence-electron chi connectivity index (χ4n) is 1.51. The molecule has 5 heteroatoms. The average Bonchev–Trinajstić information content (AvgIpc) is 2.37. The van der Waals surface area contributed by atoms with Crippen LogP contribution >= 0.6 is 0 Å². The predicted octanol–water partition coefficient (Wildman–Crippen LogP) is 3.18. The van der Waals surface area contributed by atoms with Crippen LogP contribution in [0.3, 0.4) is 0 Å². The molecule has 0 saturated heterocycles. The van der Waals surface area contributed by atoms with E-state index in [1.165, 1.54) is 0 Å². The van der Waals surface area contributed by atoms with Gasteiger partial charge in [-0.15, -0.1) is 0 Å². The number of unbranched alkanes of at least 4 members (excludes halogenated alkanes) is 1. The van der Waals surface area contributed by atoms with Crippen molar-refractivity contribution in [2.45, 2.75) is 65.8 Å².